The van der Waals surface area contributed by atoms with Gasteiger partial charge in [0.05, 0.1) is 0 Å². The van der Waals surface area contributed by atoms with Gasteiger partial charge in [0.25, 0.3) is 0 Å². The van der Waals surface area contributed by atoms with Crippen molar-refractivity contribution in [2.45, 2.75) is 96.6 Å². The van der Waals surface area contributed by atoms with Crippen molar-refractivity contribution in [2.75, 3.05) is 7.05 Å². The van der Waals surface area contributed by atoms with Crippen LogP contribution in [-0.4, -0.2) is 24.0 Å². The van der Waals surface area contributed by atoms with E-state index in [9.17, 15) is 0 Å². The summed E-state index contributed by atoms with van der Waals surface area (Å²) in [5, 5.41) is 0. The molecule has 0 aromatic heterocycles. The lowest BCUT2D eigenvalue weighted by molar-refractivity contribution is 0.216. The molecule has 0 unspecified atom stereocenters. The largest absolute Gasteiger partial charge is 0.300 e. The highest BCUT2D eigenvalue weighted by molar-refractivity contribution is 4.84. The molecule has 17 heavy (non-hydrogen) atoms. The van der Waals surface area contributed by atoms with E-state index in [1.165, 1.54) is 70.6 Å². The Hall–Kier alpha value is -0.0400. The van der Waals surface area contributed by atoms with Gasteiger partial charge in [-0.05, 0) is 32.7 Å². The fourth-order valence-corrected chi connectivity index (χ4v) is 3.21. The predicted molar refractivity (Wildman–Crippen MR) is 77.5 cm³/mol. The Kier molecular flexibility index (Phi) is 7.92. The van der Waals surface area contributed by atoms with Gasteiger partial charge in [0.2, 0.25) is 0 Å². The summed E-state index contributed by atoms with van der Waals surface area (Å²) in [6.07, 6.45) is 15.7. The van der Waals surface area contributed by atoms with Crippen LogP contribution in [0.5, 0.6) is 0 Å². The molecule has 1 rings (SSSR count). The van der Waals surface area contributed by atoms with Gasteiger partial charge in [-0.2, -0.15) is 0 Å². The first-order chi connectivity index (χ1) is 8.29. The number of likely N-dealkylation sites (tertiary alicyclic amines) is 1. The molecule has 1 saturated heterocycles. The van der Waals surface area contributed by atoms with Gasteiger partial charge in [0.1, 0.15) is 0 Å². The third kappa shape index (κ3) is 5.42. The lowest BCUT2D eigenvalue weighted by Gasteiger charge is -2.25. The molecule has 1 nitrogen and oxygen atoms in total. The monoisotopic (exact) mass is 239 g/mol. The van der Waals surface area contributed by atoms with Crippen LogP contribution in [0.15, 0.2) is 0 Å². The van der Waals surface area contributed by atoms with E-state index in [1.807, 2.05) is 0 Å². The van der Waals surface area contributed by atoms with Gasteiger partial charge in [-0.15, -0.1) is 0 Å². The van der Waals surface area contributed by atoms with Crippen molar-refractivity contribution >= 4 is 0 Å². The molecule has 0 amide bonds. The second-order valence-corrected chi connectivity index (χ2v) is 5.90. The highest BCUT2D eigenvalue weighted by atomic mass is 15.2. The summed E-state index contributed by atoms with van der Waals surface area (Å²) in [4.78, 5) is 2.69. The zero-order valence-corrected chi connectivity index (χ0v) is 12.4. The van der Waals surface area contributed by atoms with E-state index in [0.717, 1.165) is 12.1 Å². The average Bonchev–Trinajstić information content (AvgIpc) is 2.68. The number of hydrogen-bond acceptors (Lipinski definition) is 1. The highest BCUT2D eigenvalue weighted by Gasteiger charge is 2.28. The number of nitrogens with zero attached hydrogens (tertiary/aromatic N) is 1. The minimum absolute atomic E-state index is 0.899. The van der Waals surface area contributed by atoms with Crippen molar-refractivity contribution < 1.29 is 0 Å². The Labute approximate surface area is 109 Å². The van der Waals surface area contributed by atoms with E-state index in [-0.39, 0.29) is 0 Å². The zero-order valence-electron chi connectivity index (χ0n) is 12.4. The summed E-state index contributed by atoms with van der Waals surface area (Å²) < 4.78 is 0. The number of rotatable bonds is 9. The molecule has 0 spiro atoms. The summed E-state index contributed by atoms with van der Waals surface area (Å²) in [6.45, 7) is 4.60. The number of hydrogen-bond donors (Lipinski definition) is 0. The smallest absolute Gasteiger partial charge is 0.00957 e. The molecule has 2 atom stereocenters. The van der Waals surface area contributed by atoms with E-state index in [1.54, 1.807) is 0 Å². The third-order valence-corrected chi connectivity index (χ3v) is 4.52. The molecule has 0 radical (unpaired) electrons. The fourth-order valence-electron chi connectivity index (χ4n) is 3.21. The summed E-state index contributed by atoms with van der Waals surface area (Å²) in [5.41, 5.74) is 0. The molecule has 0 bridgehead atoms. The van der Waals surface area contributed by atoms with Crippen LogP contribution in [0.2, 0.25) is 0 Å². The molecule has 0 aliphatic carbocycles. The van der Waals surface area contributed by atoms with Gasteiger partial charge < -0.3 is 4.90 Å². The maximum Gasteiger partial charge on any atom is 0.00957 e. The van der Waals surface area contributed by atoms with E-state index >= 15 is 0 Å². The van der Waals surface area contributed by atoms with E-state index in [0.29, 0.717) is 0 Å². The van der Waals surface area contributed by atoms with Gasteiger partial charge in [0, 0.05) is 12.1 Å². The molecule has 102 valence electrons. The summed E-state index contributed by atoms with van der Waals surface area (Å²) >= 11 is 0. The van der Waals surface area contributed by atoms with Crippen LogP contribution in [0.1, 0.15) is 84.5 Å². The molecule has 1 heteroatoms. The molecular formula is C16H33N. The summed E-state index contributed by atoms with van der Waals surface area (Å²) in [7, 11) is 2.37. The topological polar surface area (TPSA) is 3.24 Å². The highest BCUT2D eigenvalue weighted by Crippen LogP contribution is 2.28. The second-order valence-electron chi connectivity index (χ2n) is 5.90. The van der Waals surface area contributed by atoms with Crippen LogP contribution in [0.25, 0.3) is 0 Å². The first-order valence-corrected chi connectivity index (χ1v) is 8.01. The van der Waals surface area contributed by atoms with Gasteiger partial charge in [-0.1, -0.05) is 58.8 Å². The van der Waals surface area contributed by atoms with Crippen LogP contribution >= 0.6 is 0 Å². The maximum absolute atomic E-state index is 2.69. The SMILES string of the molecule is CCCCCCC[C@@H]1CC[C@@H](CCCC)N1C. The maximum atomic E-state index is 2.69. The van der Waals surface area contributed by atoms with Crippen molar-refractivity contribution in [1.29, 1.82) is 0 Å². The molecule has 1 heterocycles. The molecule has 1 aliphatic rings. The van der Waals surface area contributed by atoms with Crippen molar-refractivity contribution in [1.82, 2.24) is 4.90 Å². The van der Waals surface area contributed by atoms with E-state index in [2.05, 4.69) is 25.8 Å². The Morgan fingerprint density at radius 2 is 1.29 bits per heavy atom. The molecule has 1 fully saturated rings. The van der Waals surface area contributed by atoms with Crippen molar-refractivity contribution in [2.24, 2.45) is 0 Å². The normalized spacial score (nSPS) is 25.6. The quantitative estimate of drug-likeness (QED) is 0.512. The minimum Gasteiger partial charge on any atom is -0.300 e. The zero-order chi connectivity index (χ0) is 12.5. The van der Waals surface area contributed by atoms with Crippen LogP contribution in [-0.2, 0) is 0 Å². The fraction of sp³-hybridized carbons (Fsp3) is 1.00. The minimum atomic E-state index is 0.899. The molecule has 0 aromatic carbocycles. The Morgan fingerprint density at radius 3 is 1.88 bits per heavy atom. The Balaban J connectivity index is 2.09. The predicted octanol–water partition coefficient (Wildman–Crippen LogP) is 5.00. The Bertz CT molecular complexity index is 178. The summed E-state index contributed by atoms with van der Waals surface area (Å²) in [5.74, 6) is 0. The van der Waals surface area contributed by atoms with E-state index in [4.69, 9.17) is 0 Å². The molecule has 0 N–H and O–H groups in total. The lowest BCUT2D eigenvalue weighted by Crippen LogP contribution is -2.32. The van der Waals surface area contributed by atoms with Gasteiger partial charge in [-0.3, -0.25) is 0 Å². The lowest BCUT2D eigenvalue weighted by atomic mass is 10.0. The Morgan fingerprint density at radius 1 is 0.765 bits per heavy atom. The van der Waals surface area contributed by atoms with Crippen LogP contribution in [0.4, 0.5) is 0 Å². The third-order valence-electron chi connectivity index (χ3n) is 4.52. The van der Waals surface area contributed by atoms with Gasteiger partial charge in [-0.25, -0.2) is 0 Å². The molecular weight excluding hydrogens is 206 g/mol. The summed E-state index contributed by atoms with van der Waals surface area (Å²) in [6, 6.07) is 1.80. The van der Waals surface area contributed by atoms with E-state index < -0.39 is 0 Å². The molecule has 0 aromatic rings. The van der Waals surface area contributed by atoms with Crippen LogP contribution in [0, 0.1) is 0 Å². The van der Waals surface area contributed by atoms with Crippen molar-refractivity contribution in [3.63, 3.8) is 0 Å². The van der Waals surface area contributed by atoms with Gasteiger partial charge in [0.15, 0.2) is 0 Å². The molecule has 0 saturated carbocycles. The number of unbranched alkanes of at least 4 members (excludes halogenated alkanes) is 5. The van der Waals surface area contributed by atoms with Crippen LogP contribution < -0.4 is 0 Å². The standard InChI is InChI=1S/C16H33N/c1-4-6-8-9-10-12-16-14-13-15(17(16)3)11-7-5-2/h15-16H,4-14H2,1-3H3/t15-,16-/m1/s1. The second kappa shape index (κ2) is 8.97. The van der Waals surface area contributed by atoms with Crippen molar-refractivity contribution in [3.8, 4) is 0 Å². The first-order valence-electron chi connectivity index (χ1n) is 8.01. The van der Waals surface area contributed by atoms with Gasteiger partial charge >= 0.3 is 0 Å². The van der Waals surface area contributed by atoms with Crippen LogP contribution in [0.3, 0.4) is 0 Å². The molecule has 1 aliphatic heterocycles. The van der Waals surface area contributed by atoms with Crippen molar-refractivity contribution in [3.05, 3.63) is 0 Å². The average molecular weight is 239 g/mol. The first kappa shape index (κ1) is 15.0.